The van der Waals surface area contributed by atoms with Gasteiger partial charge in [0.1, 0.15) is 5.75 Å². The van der Waals surface area contributed by atoms with Crippen LogP contribution < -0.4 is 15.9 Å². The van der Waals surface area contributed by atoms with Crippen LogP contribution in [0.2, 0.25) is 0 Å². The number of rotatable bonds is 4. The van der Waals surface area contributed by atoms with Gasteiger partial charge < -0.3 is 15.6 Å². The van der Waals surface area contributed by atoms with Gasteiger partial charge in [0, 0.05) is 5.56 Å². The van der Waals surface area contributed by atoms with Gasteiger partial charge in [-0.15, -0.1) is 0 Å². The third-order valence-electron chi connectivity index (χ3n) is 1.86. The van der Waals surface area contributed by atoms with Crippen molar-refractivity contribution in [2.75, 3.05) is 7.11 Å². The first kappa shape index (κ1) is 12.5. The number of primary amides is 1. The average molecular weight is 237 g/mol. The highest BCUT2D eigenvalue weighted by Gasteiger charge is 2.07. The van der Waals surface area contributed by atoms with Crippen molar-refractivity contribution in [2.24, 2.45) is 10.8 Å². The number of nitrogens with two attached hydrogens (primary N) is 1. The molecule has 0 atom stereocenters. The Kier molecular flexibility index (Phi) is 4.04. The minimum Gasteiger partial charge on any atom is -0.496 e. The zero-order valence-corrected chi connectivity index (χ0v) is 9.01. The van der Waals surface area contributed by atoms with Crippen LogP contribution in [-0.4, -0.2) is 30.4 Å². The summed E-state index contributed by atoms with van der Waals surface area (Å²) in [4.78, 5) is 21.2. The largest absolute Gasteiger partial charge is 0.496 e. The second-order valence-corrected chi connectivity index (χ2v) is 3.00. The number of hydrazone groups is 1. The zero-order valence-electron chi connectivity index (χ0n) is 9.01. The van der Waals surface area contributed by atoms with Crippen LogP contribution in [0.25, 0.3) is 0 Å². The lowest BCUT2D eigenvalue weighted by Crippen LogP contribution is -2.24. The number of carbonyl (C=O) groups excluding carboxylic acids is 1. The zero-order chi connectivity index (χ0) is 12.8. The minimum atomic E-state index is -1.06. The summed E-state index contributed by atoms with van der Waals surface area (Å²) < 4.78 is 5.01. The van der Waals surface area contributed by atoms with E-state index in [9.17, 15) is 9.59 Å². The van der Waals surface area contributed by atoms with E-state index in [1.807, 2.05) is 5.43 Å². The third kappa shape index (κ3) is 3.49. The van der Waals surface area contributed by atoms with Gasteiger partial charge in [-0.25, -0.2) is 15.0 Å². The van der Waals surface area contributed by atoms with E-state index in [0.717, 1.165) is 0 Å². The topological polar surface area (TPSA) is 114 Å². The smallest absolute Gasteiger partial charge is 0.335 e. The number of urea groups is 1. The van der Waals surface area contributed by atoms with Crippen molar-refractivity contribution in [1.82, 2.24) is 5.43 Å². The lowest BCUT2D eigenvalue weighted by Gasteiger charge is -2.05. The molecule has 0 saturated heterocycles. The number of methoxy groups -OCH3 is 1. The minimum absolute atomic E-state index is 0.0892. The fraction of sp³-hybridized carbons (Fsp3) is 0.100. The van der Waals surface area contributed by atoms with E-state index >= 15 is 0 Å². The number of carboxylic acid groups (broad SMARTS) is 1. The molecule has 0 radical (unpaired) electrons. The molecule has 0 aliphatic heterocycles. The van der Waals surface area contributed by atoms with Crippen molar-refractivity contribution >= 4 is 18.2 Å². The molecule has 0 aromatic heterocycles. The molecule has 0 heterocycles. The molecular formula is C10H11N3O4. The fourth-order valence-electron chi connectivity index (χ4n) is 1.13. The molecule has 17 heavy (non-hydrogen) atoms. The molecule has 0 unspecified atom stereocenters. The molecule has 7 heteroatoms. The van der Waals surface area contributed by atoms with Crippen molar-refractivity contribution in [3.8, 4) is 5.75 Å². The summed E-state index contributed by atoms with van der Waals surface area (Å²) in [7, 11) is 1.44. The number of carboxylic acids is 1. The average Bonchev–Trinajstić information content (AvgIpc) is 2.28. The molecule has 0 spiro atoms. The van der Waals surface area contributed by atoms with Crippen LogP contribution in [0.3, 0.4) is 0 Å². The number of carbonyl (C=O) groups is 2. The summed E-state index contributed by atoms with van der Waals surface area (Å²) in [5.41, 5.74) is 7.32. The number of nitrogens with zero attached hydrogens (tertiary/aromatic N) is 1. The molecule has 0 bridgehead atoms. The maximum atomic E-state index is 10.8. The summed E-state index contributed by atoms with van der Waals surface area (Å²) in [6.45, 7) is 0. The number of amides is 2. The fourth-order valence-corrected chi connectivity index (χ4v) is 1.13. The third-order valence-corrected chi connectivity index (χ3v) is 1.86. The molecule has 0 aliphatic carbocycles. The molecular weight excluding hydrogens is 226 g/mol. The predicted octanol–water partition coefficient (Wildman–Crippen LogP) is 0.396. The Morgan fingerprint density at radius 3 is 2.76 bits per heavy atom. The SMILES string of the molecule is COc1ccc(C(=O)O)cc1C=NNC(N)=O. The Hall–Kier alpha value is -2.57. The monoisotopic (exact) mass is 237 g/mol. The first-order valence-corrected chi connectivity index (χ1v) is 4.54. The van der Waals surface area contributed by atoms with E-state index in [1.54, 1.807) is 0 Å². The van der Waals surface area contributed by atoms with Crippen molar-refractivity contribution < 1.29 is 19.4 Å². The van der Waals surface area contributed by atoms with E-state index in [4.69, 9.17) is 15.6 Å². The molecule has 2 amide bonds. The lowest BCUT2D eigenvalue weighted by molar-refractivity contribution is 0.0697. The van der Waals surface area contributed by atoms with Crippen LogP contribution in [-0.2, 0) is 0 Å². The summed E-state index contributed by atoms with van der Waals surface area (Å²) in [6, 6.07) is 3.46. The summed E-state index contributed by atoms with van der Waals surface area (Å²) >= 11 is 0. The summed E-state index contributed by atoms with van der Waals surface area (Å²) in [6.07, 6.45) is 1.25. The number of aromatic carboxylic acids is 1. The summed E-state index contributed by atoms with van der Waals surface area (Å²) in [5, 5.41) is 12.3. The quantitative estimate of drug-likeness (QED) is 0.519. The summed E-state index contributed by atoms with van der Waals surface area (Å²) in [5.74, 6) is -0.629. The lowest BCUT2D eigenvalue weighted by atomic mass is 10.1. The van der Waals surface area contributed by atoms with Crippen LogP contribution >= 0.6 is 0 Å². The van der Waals surface area contributed by atoms with Crippen LogP contribution in [0.5, 0.6) is 5.75 Å². The van der Waals surface area contributed by atoms with Crippen molar-refractivity contribution in [1.29, 1.82) is 0 Å². The van der Waals surface area contributed by atoms with Crippen LogP contribution in [0.1, 0.15) is 15.9 Å². The van der Waals surface area contributed by atoms with Gasteiger partial charge in [-0.2, -0.15) is 5.10 Å². The number of ether oxygens (including phenoxy) is 1. The van der Waals surface area contributed by atoms with E-state index < -0.39 is 12.0 Å². The van der Waals surface area contributed by atoms with Gasteiger partial charge in [0.2, 0.25) is 0 Å². The molecule has 1 rings (SSSR count). The maximum absolute atomic E-state index is 10.8. The van der Waals surface area contributed by atoms with Gasteiger partial charge in [0.05, 0.1) is 18.9 Å². The molecule has 1 aromatic rings. The van der Waals surface area contributed by atoms with E-state index in [-0.39, 0.29) is 5.56 Å². The highest BCUT2D eigenvalue weighted by atomic mass is 16.5. The number of hydrogen-bond acceptors (Lipinski definition) is 4. The maximum Gasteiger partial charge on any atom is 0.335 e. The van der Waals surface area contributed by atoms with Gasteiger partial charge in [-0.05, 0) is 18.2 Å². The first-order valence-electron chi connectivity index (χ1n) is 4.54. The first-order chi connectivity index (χ1) is 8.04. The number of nitrogens with one attached hydrogen (secondary N) is 1. The van der Waals surface area contributed by atoms with E-state index in [1.165, 1.54) is 31.5 Å². The molecule has 90 valence electrons. The van der Waals surface area contributed by atoms with Crippen LogP contribution in [0.4, 0.5) is 4.79 Å². The normalized spacial score (nSPS) is 10.2. The van der Waals surface area contributed by atoms with Crippen molar-refractivity contribution in [3.05, 3.63) is 29.3 Å². The van der Waals surface area contributed by atoms with Gasteiger partial charge >= 0.3 is 12.0 Å². The number of hydrogen-bond donors (Lipinski definition) is 3. The molecule has 1 aromatic carbocycles. The molecule has 7 nitrogen and oxygen atoms in total. The van der Waals surface area contributed by atoms with Crippen LogP contribution in [0, 0.1) is 0 Å². The second kappa shape index (κ2) is 5.50. The molecule has 0 saturated carbocycles. The number of benzene rings is 1. The van der Waals surface area contributed by atoms with Gasteiger partial charge in [-0.1, -0.05) is 0 Å². The Morgan fingerprint density at radius 1 is 1.53 bits per heavy atom. The molecule has 0 fully saturated rings. The van der Waals surface area contributed by atoms with E-state index in [0.29, 0.717) is 11.3 Å². The Balaban J connectivity index is 3.01. The molecule has 0 aliphatic rings. The van der Waals surface area contributed by atoms with Crippen molar-refractivity contribution in [3.63, 3.8) is 0 Å². The standard InChI is InChI=1S/C10H11N3O4/c1-17-8-3-2-6(9(14)15)4-7(8)5-12-13-10(11)16/h2-5H,1H3,(H,14,15)(H3,11,13,16). The van der Waals surface area contributed by atoms with Gasteiger partial charge in [0.25, 0.3) is 0 Å². The van der Waals surface area contributed by atoms with Gasteiger partial charge in [0.15, 0.2) is 0 Å². The van der Waals surface area contributed by atoms with E-state index in [2.05, 4.69) is 5.10 Å². The Bertz CT molecular complexity index is 471. The Morgan fingerprint density at radius 2 is 2.24 bits per heavy atom. The van der Waals surface area contributed by atoms with Gasteiger partial charge in [-0.3, -0.25) is 0 Å². The Labute approximate surface area is 96.9 Å². The highest BCUT2D eigenvalue weighted by molar-refractivity contribution is 5.92. The van der Waals surface area contributed by atoms with Crippen molar-refractivity contribution in [2.45, 2.75) is 0 Å². The predicted molar refractivity (Wildman–Crippen MR) is 60.3 cm³/mol. The highest BCUT2D eigenvalue weighted by Crippen LogP contribution is 2.17. The molecule has 4 N–H and O–H groups in total. The van der Waals surface area contributed by atoms with Crippen LogP contribution in [0.15, 0.2) is 23.3 Å². The second-order valence-electron chi connectivity index (χ2n) is 3.00.